The third-order valence-corrected chi connectivity index (χ3v) is 4.81. The zero-order valence-corrected chi connectivity index (χ0v) is 16.3. The molecule has 0 aliphatic carbocycles. The Hall–Kier alpha value is -2.94. The fourth-order valence-electron chi connectivity index (χ4n) is 3.04. The van der Waals surface area contributed by atoms with E-state index < -0.39 is 5.60 Å². The molecule has 0 unspecified atom stereocenters. The van der Waals surface area contributed by atoms with Gasteiger partial charge < -0.3 is 9.64 Å². The van der Waals surface area contributed by atoms with Crippen molar-refractivity contribution >= 4 is 17.5 Å². The molecule has 146 valence electrons. The summed E-state index contributed by atoms with van der Waals surface area (Å²) in [7, 11) is 0. The summed E-state index contributed by atoms with van der Waals surface area (Å²) in [5, 5.41) is 17.0. The van der Waals surface area contributed by atoms with E-state index in [-0.39, 0.29) is 11.9 Å². The summed E-state index contributed by atoms with van der Waals surface area (Å²) in [5.74, 6) is 0.535. The number of benzene rings is 1. The lowest BCUT2D eigenvalue weighted by Crippen LogP contribution is -2.58. The van der Waals surface area contributed by atoms with E-state index >= 15 is 0 Å². The minimum atomic E-state index is -0.974. The molecule has 0 atom stereocenters. The standard InChI is InChI=1S/C18H20ClN7O2/c1-18(2,28-16-5-3-13(19)4-6-16)17(27)24-11-15(12-24)25-9-14(22-23-25)10-26-20-7-8-21-26/h3-9,15H,10-12H2,1-2H3. The normalized spacial score (nSPS) is 14.8. The van der Waals surface area contributed by atoms with Gasteiger partial charge >= 0.3 is 0 Å². The number of carbonyl (C=O) groups excluding carboxylic acids is 1. The highest BCUT2D eigenvalue weighted by Gasteiger charge is 2.41. The molecule has 1 aromatic carbocycles. The molecule has 1 saturated heterocycles. The molecule has 9 nitrogen and oxygen atoms in total. The average Bonchev–Trinajstić information content (AvgIpc) is 3.28. The van der Waals surface area contributed by atoms with Gasteiger partial charge in [0.1, 0.15) is 18.0 Å². The fraction of sp³-hybridized carbons (Fsp3) is 0.389. The lowest BCUT2D eigenvalue weighted by molar-refractivity contribution is -0.151. The molecule has 0 bridgehead atoms. The predicted octanol–water partition coefficient (Wildman–Crippen LogP) is 1.81. The summed E-state index contributed by atoms with van der Waals surface area (Å²) in [5.41, 5.74) is -0.203. The SMILES string of the molecule is CC(C)(Oc1ccc(Cl)cc1)C(=O)N1CC(n2cc(Cn3nccn3)nn2)C1. The van der Waals surface area contributed by atoms with Gasteiger partial charge in [-0.1, -0.05) is 16.8 Å². The van der Waals surface area contributed by atoms with Crippen molar-refractivity contribution in [2.75, 3.05) is 13.1 Å². The van der Waals surface area contributed by atoms with Gasteiger partial charge in [0, 0.05) is 18.1 Å². The zero-order chi connectivity index (χ0) is 19.7. The molecule has 3 aromatic rings. The van der Waals surface area contributed by atoms with Crippen molar-refractivity contribution in [2.45, 2.75) is 32.0 Å². The van der Waals surface area contributed by atoms with Gasteiger partial charge in [0.2, 0.25) is 0 Å². The first-order chi connectivity index (χ1) is 13.4. The number of aromatic nitrogens is 6. The van der Waals surface area contributed by atoms with Crippen LogP contribution in [0.1, 0.15) is 25.6 Å². The number of likely N-dealkylation sites (tertiary alicyclic amines) is 1. The molecule has 10 heteroatoms. The Balaban J connectivity index is 1.33. The van der Waals surface area contributed by atoms with Crippen LogP contribution in [0.3, 0.4) is 0 Å². The van der Waals surface area contributed by atoms with Gasteiger partial charge in [-0.2, -0.15) is 15.0 Å². The van der Waals surface area contributed by atoms with E-state index in [9.17, 15) is 4.79 Å². The van der Waals surface area contributed by atoms with Crippen LogP contribution in [0.25, 0.3) is 0 Å². The number of hydrogen-bond donors (Lipinski definition) is 0. The third-order valence-electron chi connectivity index (χ3n) is 4.55. The van der Waals surface area contributed by atoms with Crippen LogP contribution >= 0.6 is 11.6 Å². The summed E-state index contributed by atoms with van der Waals surface area (Å²) in [6, 6.07) is 7.07. The van der Waals surface area contributed by atoms with Crippen molar-refractivity contribution in [3.8, 4) is 5.75 Å². The quantitative estimate of drug-likeness (QED) is 0.625. The molecular formula is C18H20ClN7O2. The molecule has 0 saturated carbocycles. The summed E-state index contributed by atoms with van der Waals surface area (Å²) in [6.45, 7) is 5.12. The van der Waals surface area contributed by atoms with Crippen molar-refractivity contribution in [1.29, 1.82) is 0 Å². The van der Waals surface area contributed by atoms with Crippen molar-refractivity contribution in [3.63, 3.8) is 0 Å². The third kappa shape index (κ3) is 3.84. The maximum absolute atomic E-state index is 12.8. The minimum absolute atomic E-state index is 0.0696. The topological polar surface area (TPSA) is 91.0 Å². The Morgan fingerprint density at radius 2 is 1.89 bits per heavy atom. The second kappa shape index (κ2) is 7.23. The van der Waals surface area contributed by atoms with Crippen molar-refractivity contribution < 1.29 is 9.53 Å². The molecule has 1 fully saturated rings. The Labute approximate surface area is 166 Å². The highest BCUT2D eigenvalue weighted by Crippen LogP contribution is 2.27. The number of halogens is 1. The van der Waals surface area contributed by atoms with E-state index in [4.69, 9.17) is 16.3 Å². The maximum Gasteiger partial charge on any atom is 0.266 e. The van der Waals surface area contributed by atoms with Gasteiger partial charge in [-0.15, -0.1) is 5.10 Å². The van der Waals surface area contributed by atoms with Crippen LogP contribution in [0.15, 0.2) is 42.9 Å². The molecular weight excluding hydrogens is 382 g/mol. The van der Waals surface area contributed by atoms with Gasteiger partial charge in [-0.05, 0) is 38.1 Å². The largest absolute Gasteiger partial charge is 0.478 e. The fourth-order valence-corrected chi connectivity index (χ4v) is 3.17. The van der Waals surface area contributed by atoms with Gasteiger partial charge in [-0.25, -0.2) is 4.68 Å². The smallest absolute Gasteiger partial charge is 0.266 e. The summed E-state index contributed by atoms with van der Waals surface area (Å²) in [6.07, 6.45) is 5.10. The maximum atomic E-state index is 12.8. The van der Waals surface area contributed by atoms with Gasteiger partial charge in [0.05, 0.1) is 24.6 Å². The van der Waals surface area contributed by atoms with Gasteiger partial charge in [-0.3, -0.25) is 4.79 Å². The summed E-state index contributed by atoms with van der Waals surface area (Å²) >= 11 is 5.89. The molecule has 0 radical (unpaired) electrons. The highest BCUT2D eigenvalue weighted by molar-refractivity contribution is 6.30. The minimum Gasteiger partial charge on any atom is -0.478 e. The van der Waals surface area contributed by atoms with E-state index in [1.165, 1.54) is 0 Å². The Kier molecular flexibility index (Phi) is 4.76. The van der Waals surface area contributed by atoms with E-state index in [0.29, 0.717) is 30.4 Å². The van der Waals surface area contributed by atoms with E-state index in [0.717, 1.165) is 5.69 Å². The van der Waals surface area contributed by atoms with Crippen molar-refractivity contribution in [3.05, 3.63) is 53.6 Å². The second-order valence-electron chi connectivity index (χ2n) is 7.18. The van der Waals surface area contributed by atoms with Crippen molar-refractivity contribution in [2.24, 2.45) is 0 Å². The molecule has 1 amide bonds. The van der Waals surface area contributed by atoms with Crippen LogP contribution < -0.4 is 4.74 Å². The van der Waals surface area contributed by atoms with Crippen LogP contribution in [-0.4, -0.2) is 59.5 Å². The molecule has 0 spiro atoms. The summed E-state index contributed by atoms with van der Waals surface area (Å²) in [4.78, 5) is 16.1. The average molecular weight is 402 g/mol. The van der Waals surface area contributed by atoms with Crippen LogP contribution in [0.2, 0.25) is 5.02 Å². The lowest BCUT2D eigenvalue weighted by Gasteiger charge is -2.42. The van der Waals surface area contributed by atoms with Gasteiger partial charge in [0.25, 0.3) is 5.91 Å². The molecule has 0 N–H and O–H groups in total. The molecule has 1 aliphatic heterocycles. The van der Waals surface area contributed by atoms with Crippen LogP contribution in [-0.2, 0) is 11.3 Å². The molecule has 4 rings (SSSR count). The Morgan fingerprint density at radius 1 is 1.21 bits per heavy atom. The Morgan fingerprint density at radius 3 is 2.57 bits per heavy atom. The monoisotopic (exact) mass is 401 g/mol. The number of nitrogens with zero attached hydrogens (tertiary/aromatic N) is 7. The van der Waals surface area contributed by atoms with E-state index in [1.807, 2.05) is 6.20 Å². The van der Waals surface area contributed by atoms with E-state index in [1.54, 1.807) is 64.9 Å². The molecule has 28 heavy (non-hydrogen) atoms. The number of amides is 1. The molecule has 3 heterocycles. The first-order valence-electron chi connectivity index (χ1n) is 8.89. The highest BCUT2D eigenvalue weighted by atomic mass is 35.5. The molecule has 2 aromatic heterocycles. The van der Waals surface area contributed by atoms with Crippen LogP contribution in [0, 0.1) is 0 Å². The lowest BCUT2D eigenvalue weighted by atomic mass is 10.0. The summed E-state index contributed by atoms with van der Waals surface area (Å²) < 4.78 is 7.67. The van der Waals surface area contributed by atoms with Gasteiger partial charge in [0.15, 0.2) is 5.60 Å². The first-order valence-corrected chi connectivity index (χ1v) is 9.27. The Bertz CT molecular complexity index is 947. The van der Waals surface area contributed by atoms with E-state index in [2.05, 4.69) is 20.5 Å². The number of rotatable bonds is 6. The number of ether oxygens (including phenoxy) is 1. The van der Waals surface area contributed by atoms with Crippen LogP contribution in [0.5, 0.6) is 5.75 Å². The predicted molar refractivity (Wildman–Crippen MR) is 101 cm³/mol. The second-order valence-corrected chi connectivity index (χ2v) is 7.62. The first kappa shape index (κ1) is 18.4. The zero-order valence-electron chi connectivity index (χ0n) is 15.6. The van der Waals surface area contributed by atoms with Crippen molar-refractivity contribution in [1.82, 2.24) is 34.9 Å². The van der Waals surface area contributed by atoms with Crippen LogP contribution in [0.4, 0.5) is 0 Å². The number of carbonyl (C=O) groups is 1. The number of hydrogen-bond acceptors (Lipinski definition) is 6. The molecule has 1 aliphatic rings.